The summed E-state index contributed by atoms with van der Waals surface area (Å²) in [5.41, 5.74) is -1.89. The lowest BCUT2D eigenvalue weighted by atomic mass is 9.79. The highest BCUT2D eigenvalue weighted by Gasteiger charge is 2.23. The summed E-state index contributed by atoms with van der Waals surface area (Å²) in [7, 11) is -3.26. The third-order valence-electron chi connectivity index (χ3n) is 5.10. The summed E-state index contributed by atoms with van der Waals surface area (Å²) in [5.74, 6) is -11.7. The molecule has 0 aliphatic rings. The molecule has 0 saturated heterocycles. The average molecular weight is 498 g/mol. The Morgan fingerprint density at radius 3 is 0.853 bits per heavy atom. The van der Waals surface area contributed by atoms with Gasteiger partial charge in [0.2, 0.25) is 0 Å². The van der Waals surface area contributed by atoms with Crippen molar-refractivity contribution in [3.63, 3.8) is 0 Å². The summed E-state index contributed by atoms with van der Waals surface area (Å²) in [6.45, 7) is 21.8. The molecule has 0 fully saturated rings. The first-order valence-electron chi connectivity index (χ1n) is 12.6. The van der Waals surface area contributed by atoms with Crippen LogP contribution in [-0.4, -0.2) is 46.4 Å². The monoisotopic (exact) mass is 498 g/mol. The molecule has 0 aliphatic heterocycles. The minimum atomic E-state index is -3.26. The maximum absolute atomic E-state index is 12.5. The second-order valence-electron chi connectivity index (χ2n) is 8.32. The lowest BCUT2D eigenvalue weighted by molar-refractivity contribution is -0.900. The fourth-order valence-corrected chi connectivity index (χ4v) is 3.70. The van der Waals surface area contributed by atoms with E-state index >= 15 is 0 Å². The molecule has 0 saturated carbocycles. The zero-order valence-corrected chi connectivity index (χ0v) is 21.8. The highest BCUT2D eigenvalue weighted by Crippen LogP contribution is 2.15. The fraction of sp³-hybridized carbons (Fsp3) is 0.750. The van der Waals surface area contributed by atoms with Crippen molar-refractivity contribution in [2.75, 3.05) is 39.3 Å². The third kappa shape index (κ3) is 13.6. The van der Waals surface area contributed by atoms with Crippen molar-refractivity contribution in [3.8, 4) is 0 Å². The molecule has 0 radical (unpaired) electrons. The smallest absolute Gasteiger partial charge is 0.200 e. The molecule has 0 unspecified atom stereocenters. The number of hydrogen-bond acceptors (Lipinski definition) is 2. The van der Waals surface area contributed by atoms with E-state index in [2.05, 4.69) is 41.5 Å². The van der Waals surface area contributed by atoms with Gasteiger partial charge in [0, 0.05) is 0 Å². The second kappa shape index (κ2) is 21.1. The zero-order valence-electron chi connectivity index (χ0n) is 21.8. The van der Waals surface area contributed by atoms with Crippen molar-refractivity contribution in [2.24, 2.45) is 0 Å². The van der Waals surface area contributed by atoms with Crippen molar-refractivity contribution in [1.82, 2.24) is 0 Å². The molecule has 0 atom stereocenters. The highest BCUT2D eigenvalue weighted by molar-refractivity contribution is 6.55. The van der Waals surface area contributed by atoms with Gasteiger partial charge in [0.15, 0.2) is 29.1 Å². The summed E-state index contributed by atoms with van der Waals surface area (Å²) >= 11 is 0. The molecule has 1 rings (SSSR count). The number of nitrogens with one attached hydrogen (secondary N) is 2. The van der Waals surface area contributed by atoms with Crippen LogP contribution in [0.15, 0.2) is 0 Å². The number of hydrogen-bond donors (Lipinski definition) is 2. The molecular weight excluding hydrogens is 454 g/mol. The van der Waals surface area contributed by atoms with Crippen molar-refractivity contribution in [3.05, 3.63) is 29.1 Å². The van der Waals surface area contributed by atoms with Crippen LogP contribution in [0.4, 0.5) is 22.0 Å². The lowest BCUT2D eigenvalue weighted by Gasteiger charge is -2.27. The standard InChI is InChI=1S/2C9H21N.C6BF5O2/c2*1-4-7-10(8-5-2)9-6-3;8-2-1(7(13)14)3(9)5(11)6(12)4(2)10/h2*4-9H2,1-3H3;/q;;-2/p+2. The van der Waals surface area contributed by atoms with Crippen molar-refractivity contribution in [1.29, 1.82) is 0 Å². The zero-order chi connectivity index (χ0) is 26.7. The summed E-state index contributed by atoms with van der Waals surface area (Å²) in [5, 5.41) is 20.2. The highest BCUT2D eigenvalue weighted by atomic mass is 19.2. The van der Waals surface area contributed by atoms with Gasteiger partial charge in [0.05, 0.1) is 39.3 Å². The molecule has 0 aliphatic carbocycles. The topological polar surface area (TPSA) is 55.0 Å². The van der Waals surface area contributed by atoms with E-state index in [-0.39, 0.29) is 0 Å². The molecule has 10 heteroatoms. The van der Waals surface area contributed by atoms with E-state index in [1.165, 1.54) is 77.8 Å². The van der Waals surface area contributed by atoms with Crippen LogP contribution in [0.25, 0.3) is 0 Å². The first-order chi connectivity index (χ1) is 16.1. The SMILES string of the molecule is CCC[NH+](CCC)CCC.CCC[NH+](CCC)CCC.[O-]B([O-])c1c(F)c(F)c(F)c(F)c1F. The second-order valence-corrected chi connectivity index (χ2v) is 8.32. The van der Waals surface area contributed by atoms with Crippen LogP contribution in [0.5, 0.6) is 0 Å². The molecule has 2 N–H and O–H groups in total. The maximum Gasteiger partial charge on any atom is 0.200 e. The summed E-state index contributed by atoms with van der Waals surface area (Å²) in [6, 6.07) is 0. The van der Waals surface area contributed by atoms with Crippen molar-refractivity contribution < 1.29 is 41.8 Å². The summed E-state index contributed by atoms with van der Waals surface area (Å²) in [6.07, 6.45) is 7.97. The van der Waals surface area contributed by atoms with Gasteiger partial charge in [-0.25, -0.2) is 22.0 Å². The van der Waals surface area contributed by atoms with Gasteiger partial charge >= 0.3 is 0 Å². The van der Waals surface area contributed by atoms with Gasteiger partial charge in [-0.05, 0) is 44.0 Å². The molecular formula is C24H44BF5N2O2. The first-order valence-corrected chi connectivity index (χ1v) is 12.6. The molecule has 34 heavy (non-hydrogen) atoms. The van der Waals surface area contributed by atoms with Gasteiger partial charge < -0.3 is 19.8 Å². The molecule has 1 aromatic rings. The fourth-order valence-electron chi connectivity index (χ4n) is 3.70. The van der Waals surface area contributed by atoms with E-state index in [9.17, 15) is 32.0 Å². The summed E-state index contributed by atoms with van der Waals surface area (Å²) in [4.78, 5) is 3.57. The van der Waals surface area contributed by atoms with Crippen molar-refractivity contribution >= 4 is 12.6 Å². The minimum absolute atomic E-state index is 1.33. The molecule has 0 spiro atoms. The Morgan fingerprint density at radius 2 is 0.676 bits per heavy atom. The number of benzene rings is 1. The Kier molecular flexibility index (Phi) is 21.7. The Morgan fingerprint density at radius 1 is 0.471 bits per heavy atom. The van der Waals surface area contributed by atoms with Crippen LogP contribution in [0.2, 0.25) is 0 Å². The quantitative estimate of drug-likeness (QED) is 0.185. The molecule has 0 heterocycles. The van der Waals surface area contributed by atoms with Crippen LogP contribution in [0, 0.1) is 29.1 Å². The number of rotatable bonds is 13. The molecule has 0 aromatic heterocycles. The Balaban J connectivity index is 0. The average Bonchev–Trinajstić information content (AvgIpc) is 2.78. The Bertz CT molecular complexity index is 579. The van der Waals surface area contributed by atoms with Crippen LogP contribution < -0.4 is 25.3 Å². The van der Waals surface area contributed by atoms with E-state index in [1.807, 2.05) is 0 Å². The summed E-state index contributed by atoms with van der Waals surface area (Å²) < 4.78 is 62.0. The van der Waals surface area contributed by atoms with Gasteiger partial charge in [0.1, 0.15) is 0 Å². The van der Waals surface area contributed by atoms with Crippen LogP contribution in [-0.2, 0) is 0 Å². The maximum atomic E-state index is 12.5. The third-order valence-corrected chi connectivity index (χ3v) is 5.10. The lowest BCUT2D eigenvalue weighted by Crippen LogP contribution is -3.11. The Hall–Kier alpha value is -1.23. The largest absolute Gasteiger partial charge is 0.889 e. The predicted molar refractivity (Wildman–Crippen MR) is 124 cm³/mol. The van der Waals surface area contributed by atoms with Crippen LogP contribution >= 0.6 is 0 Å². The predicted octanol–water partition coefficient (Wildman–Crippen LogP) is 1.00. The van der Waals surface area contributed by atoms with Gasteiger partial charge in [-0.15, -0.1) is 0 Å². The van der Waals surface area contributed by atoms with E-state index in [0.717, 1.165) is 0 Å². The molecule has 200 valence electrons. The van der Waals surface area contributed by atoms with Gasteiger partial charge in [0.25, 0.3) is 0 Å². The van der Waals surface area contributed by atoms with E-state index in [4.69, 9.17) is 0 Å². The number of quaternary nitrogens is 2. The molecule has 1 aromatic carbocycles. The van der Waals surface area contributed by atoms with Gasteiger partial charge in [-0.1, -0.05) is 48.7 Å². The van der Waals surface area contributed by atoms with Crippen LogP contribution in [0.3, 0.4) is 0 Å². The number of halogens is 5. The first kappa shape index (κ1) is 34.9. The normalized spacial score (nSPS) is 10.7. The van der Waals surface area contributed by atoms with E-state index < -0.39 is 41.7 Å². The Labute approximate surface area is 203 Å². The van der Waals surface area contributed by atoms with Gasteiger partial charge in [-0.3, -0.25) is 0 Å². The van der Waals surface area contributed by atoms with E-state index in [0.29, 0.717) is 0 Å². The molecule has 0 amide bonds. The molecule has 0 bridgehead atoms. The van der Waals surface area contributed by atoms with E-state index in [1.54, 1.807) is 9.80 Å². The minimum Gasteiger partial charge on any atom is -0.889 e. The van der Waals surface area contributed by atoms with Crippen LogP contribution in [0.1, 0.15) is 80.1 Å². The van der Waals surface area contributed by atoms with Gasteiger partial charge in [-0.2, -0.15) is 0 Å². The van der Waals surface area contributed by atoms with Crippen molar-refractivity contribution in [2.45, 2.75) is 80.1 Å². The molecule has 4 nitrogen and oxygen atoms in total.